The summed E-state index contributed by atoms with van der Waals surface area (Å²) in [6.45, 7) is 3.34. The zero-order valence-corrected chi connectivity index (χ0v) is 15.6. The van der Waals surface area contributed by atoms with Gasteiger partial charge in [-0.1, -0.05) is 19.1 Å². The molecule has 6 nitrogen and oxygen atoms in total. The van der Waals surface area contributed by atoms with Crippen molar-refractivity contribution in [2.24, 2.45) is 0 Å². The third kappa shape index (κ3) is 3.78. The molecule has 7 heteroatoms. The van der Waals surface area contributed by atoms with Gasteiger partial charge in [-0.25, -0.2) is 14.4 Å². The fourth-order valence-corrected chi connectivity index (χ4v) is 3.46. The fraction of sp³-hybridized carbons (Fsp3) is 0.333. The smallest absolute Gasteiger partial charge is 0.274 e. The second kappa shape index (κ2) is 7.50. The zero-order valence-electron chi connectivity index (χ0n) is 15.6. The lowest BCUT2D eigenvalue weighted by atomic mass is 9.80. The zero-order chi connectivity index (χ0) is 19.6. The van der Waals surface area contributed by atoms with Crippen LogP contribution in [0.2, 0.25) is 0 Å². The molecule has 2 aromatic heterocycles. The highest BCUT2D eigenvalue weighted by Gasteiger charge is 2.37. The summed E-state index contributed by atoms with van der Waals surface area (Å²) in [4.78, 5) is 26.9. The van der Waals surface area contributed by atoms with Gasteiger partial charge in [0.2, 0.25) is 0 Å². The molecule has 1 aliphatic rings. The van der Waals surface area contributed by atoms with E-state index in [1.54, 1.807) is 29.4 Å². The number of carbonyl (C=O) groups is 1. The molecule has 3 heterocycles. The van der Waals surface area contributed by atoms with Crippen LogP contribution in [0.25, 0.3) is 0 Å². The molecule has 1 saturated heterocycles. The van der Waals surface area contributed by atoms with E-state index in [9.17, 15) is 9.18 Å². The van der Waals surface area contributed by atoms with E-state index in [4.69, 9.17) is 4.42 Å². The van der Waals surface area contributed by atoms with Crippen LogP contribution in [-0.2, 0) is 11.8 Å². The van der Waals surface area contributed by atoms with Gasteiger partial charge in [-0.05, 0) is 30.5 Å². The molecule has 0 spiro atoms. The van der Waals surface area contributed by atoms with Gasteiger partial charge >= 0.3 is 0 Å². The van der Waals surface area contributed by atoms with Crippen LogP contribution in [-0.4, -0.2) is 38.8 Å². The Kier molecular flexibility index (Phi) is 4.90. The number of carbonyl (C=O) groups excluding carboxylic acids is 1. The number of oxazole rings is 1. The second-order valence-corrected chi connectivity index (χ2v) is 7.38. The number of hydrogen-bond acceptors (Lipinski definition) is 5. The molecule has 28 heavy (non-hydrogen) atoms. The van der Waals surface area contributed by atoms with Gasteiger partial charge in [0.1, 0.15) is 17.3 Å². The Balaban J connectivity index is 1.41. The van der Waals surface area contributed by atoms with Gasteiger partial charge in [0, 0.05) is 37.3 Å². The lowest BCUT2D eigenvalue weighted by molar-refractivity contribution is 0.0651. The number of likely N-dealkylation sites (tertiary alicyclic amines) is 1. The van der Waals surface area contributed by atoms with Gasteiger partial charge < -0.3 is 9.32 Å². The van der Waals surface area contributed by atoms with E-state index in [1.807, 2.05) is 0 Å². The molecule has 0 bridgehead atoms. The van der Waals surface area contributed by atoms with E-state index in [-0.39, 0.29) is 17.1 Å². The molecule has 0 radical (unpaired) electrons. The maximum absolute atomic E-state index is 13.0. The largest absolute Gasteiger partial charge is 0.445 e. The minimum absolute atomic E-state index is 0.0976. The minimum Gasteiger partial charge on any atom is -0.445 e. The number of benzene rings is 1. The Morgan fingerprint density at radius 1 is 1.14 bits per heavy atom. The number of halogens is 1. The number of aromatic nitrogens is 3. The molecule has 1 aromatic carbocycles. The van der Waals surface area contributed by atoms with Crippen molar-refractivity contribution in [2.45, 2.75) is 31.6 Å². The lowest BCUT2D eigenvalue weighted by Crippen LogP contribution is -2.44. The topological polar surface area (TPSA) is 72.1 Å². The molecule has 0 N–H and O–H groups in total. The molecule has 3 aromatic rings. The Labute approximate surface area is 162 Å². The molecule has 0 unspecified atom stereocenters. The first kappa shape index (κ1) is 18.3. The van der Waals surface area contributed by atoms with Crippen LogP contribution in [0.4, 0.5) is 4.39 Å². The third-order valence-corrected chi connectivity index (χ3v) is 5.30. The van der Waals surface area contributed by atoms with Crippen LogP contribution in [0.15, 0.2) is 53.5 Å². The summed E-state index contributed by atoms with van der Waals surface area (Å²) in [6.07, 6.45) is 8.39. The number of rotatable bonds is 4. The summed E-state index contributed by atoms with van der Waals surface area (Å²) in [5.41, 5.74) is 1.11. The maximum Gasteiger partial charge on any atom is 0.274 e. The van der Waals surface area contributed by atoms with Crippen molar-refractivity contribution in [3.05, 3.63) is 77.8 Å². The molecule has 0 saturated carbocycles. The summed E-state index contributed by atoms with van der Waals surface area (Å²) < 4.78 is 19.1. The van der Waals surface area contributed by atoms with Crippen molar-refractivity contribution >= 4 is 5.91 Å². The van der Waals surface area contributed by atoms with Gasteiger partial charge in [0.05, 0.1) is 12.4 Å². The summed E-state index contributed by atoms with van der Waals surface area (Å²) in [5, 5.41) is 0. The average molecular weight is 380 g/mol. The second-order valence-electron chi connectivity index (χ2n) is 7.38. The molecular weight excluding hydrogens is 359 g/mol. The van der Waals surface area contributed by atoms with Crippen molar-refractivity contribution in [3.8, 4) is 0 Å². The van der Waals surface area contributed by atoms with Crippen molar-refractivity contribution in [1.82, 2.24) is 19.9 Å². The normalized spacial score (nSPS) is 16.1. The predicted molar refractivity (Wildman–Crippen MR) is 100 cm³/mol. The molecule has 0 aliphatic carbocycles. The van der Waals surface area contributed by atoms with Gasteiger partial charge in [0.15, 0.2) is 5.89 Å². The van der Waals surface area contributed by atoms with E-state index < -0.39 is 0 Å². The first-order chi connectivity index (χ1) is 13.5. The van der Waals surface area contributed by atoms with E-state index in [1.165, 1.54) is 24.5 Å². The number of piperidine rings is 1. The predicted octanol–water partition coefficient (Wildman–Crippen LogP) is 3.39. The number of amides is 1. The monoisotopic (exact) mass is 380 g/mol. The molecule has 144 valence electrons. The Hall–Kier alpha value is -3.09. The minimum atomic E-state index is -0.252. The molecule has 1 aliphatic heterocycles. The van der Waals surface area contributed by atoms with Crippen LogP contribution >= 0.6 is 0 Å². The van der Waals surface area contributed by atoms with E-state index >= 15 is 0 Å². The summed E-state index contributed by atoms with van der Waals surface area (Å²) >= 11 is 0. The Morgan fingerprint density at radius 2 is 1.89 bits per heavy atom. The van der Waals surface area contributed by atoms with E-state index in [0.29, 0.717) is 31.1 Å². The highest BCUT2D eigenvalue weighted by Crippen LogP contribution is 2.35. The van der Waals surface area contributed by atoms with Gasteiger partial charge in [0.25, 0.3) is 5.91 Å². The van der Waals surface area contributed by atoms with Crippen molar-refractivity contribution < 1.29 is 13.6 Å². The average Bonchev–Trinajstić information content (AvgIpc) is 3.20. The molecule has 4 rings (SSSR count). The Morgan fingerprint density at radius 3 is 2.57 bits per heavy atom. The number of nitrogens with zero attached hydrogens (tertiary/aromatic N) is 4. The summed E-state index contributed by atoms with van der Waals surface area (Å²) in [6, 6.07) is 6.38. The van der Waals surface area contributed by atoms with Crippen LogP contribution in [0.3, 0.4) is 0 Å². The lowest BCUT2D eigenvalue weighted by Gasteiger charge is -2.37. The first-order valence-corrected chi connectivity index (χ1v) is 9.28. The summed E-state index contributed by atoms with van der Waals surface area (Å²) in [5.74, 6) is 1.09. The SMILES string of the molecule is CC1(c2ncc(Cc3ccc(F)cc3)o2)CCN(C(=O)c2cnccn2)CC1. The number of hydrogen-bond donors (Lipinski definition) is 0. The van der Waals surface area contributed by atoms with Crippen molar-refractivity contribution in [1.29, 1.82) is 0 Å². The van der Waals surface area contributed by atoms with Crippen LogP contribution in [0.1, 0.15) is 47.5 Å². The first-order valence-electron chi connectivity index (χ1n) is 9.28. The van der Waals surface area contributed by atoms with Crippen molar-refractivity contribution in [2.75, 3.05) is 13.1 Å². The molecule has 0 atom stereocenters. The quantitative estimate of drug-likeness (QED) is 0.694. The maximum atomic E-state index is 13.0. The van der Waals surface area contributed by atoms with Gasteiger partial charge in [-0.2, -0.15) is 0 Å². The van der Waals surface area contributed by atoms with Gasteiger partial charge in [-0.3, -0.25) is 9.78 Å². The third-order valence-electron chi connectivity index (χ3n) is 5.30. The molecule has 1 fully saturated rings. The van der Waals surface area contributed by atoms with E-state index in [0.717, 1.165) is 24.2 Å². The highest BCUT2D eigenvalue weighted by molar-refractivity contribution is 5.92. The highest BCUT2D eigenvalue weighted by atomic mass is 19.1. The molecule has 1 amide bonds. The van der Waals surface area contributed by atoms with Gasteiger partial charge in [-0.15, -0.1) is 0 Å². The molecular formula is C21H21FN4O2. The van der Waals surface area contributed by atoms with Crippen LogP contribution in [0.5, 0.6) is 0 Å². The van der Waals surface area contributed by atoms with Crippen molar-refractivity contribution in [3.63, 3.8) is 0 Å². The standard InChI is InChI=1S/C21H21FN4O2/c1-21(6-10-26(11-7-21)19(27)18-14-23-8-9-24-18)20-25-13-17(28-20)12-15-2-4-16(22)5-3-15/h2-5,8-9,13-14H,6-7,10-12H2,1H3. The van der Waals surface area contributed by atoms with Crippen LogP contribution in [0, 0.1) is 5.82 Å². The summed E-state index contributed by atoms with van der Waals surface area (Å²) in [7, 11) is 0. The fourth-order valence-electron chi connectivity index (χ4n) is 3.46. The van der Waals surface area contributed by atoms with E-state index in [2.05, 4.69) is 21.9 Å². The Bertz CT molecular complexity index is 948. The van der Waals surface area contributed by atoms with Crippen LogP contribution < -0.4 is 0 Å².